The van der Waals surface area contributed by atoms with Crippen LogP contribution in [-0.2, 0) is 19.9 Å². The fourth-order valence-electron chi connectivity index (χ4n) is 3.28. The van der Waals surface area contributed by atoms with Crippen molar-refractivity contribution < 1.29 is 21.6 Å². The predicted octanol–water partition coefficient (Wildman–Crippen LogP) is 2.64. The van der Waals surface area contributed by atoms with Crippen molar-refractivity contribution >= 4 is 19.9 Å². The molecule has 0 amide bonds. The third-order valence-corrected chi connectivity index (χ3v) is 8.70. The van der Waals surface area contributed by atoms with Crippen LogP contribution in [0.4, 0.5) is 0 Å². The third kappa shape index (κ3) is 4.17. The van der Waals surface area contributed by atoms with Crippen LogP contribution >= 0.6 is 0 Å². The summed E-state index contributed by atoms with van der Waals surface area (Å²) in [4.78, 5) is 0.0717. The van der Waals surface area contributed by atoms with E-state index in [0.29, 0.717) is 12.2 Å². The monoisotopic (exact) mass is 409 g/mol. The molecular formula is C19H23NO5S2. The highest BCUT2D eigenvalue weighted by molar-refractivity contribution is 7.92. The number of rotatable bonds is 5. The van der Waals surface area contributed by atoms with E-state index in [1.165, 1.54) is 10.4 Å². The van der Waals surface area contributed by atoms with Crippen LogP contribution in [0.15, 0.2) is 59.5 Å². The van der Waals surface area contributed by atoms with Gasteiger partial charge in [-0.1, -0.05) is 42.5 Å². The lowest BCUT2D eigenvalue weighted by Crippen LogP contribution is -2.33. The maximum Gasteiger partial charge on any atom is 0.246 e. The van der Waals surface area contributed by atoms with Gasteiger partial charge < -0.3 is 4.74 Å². The lowest BCUT2D eigenvalue weighted by Gasteiger charge is -2.21. The lowest BCUT2D eigenvalue weighted by atomic mass is 10.1. The highest BCUT2D eigenvalue weighted by Gasteiger charge is 2.36. The van der Waals surface area contributed by atoms with E-state index in [-0.39, 0.29) is 35.9 Å². The zero-order valence-electron chi connectivity index (χ0n) is 15.1. The number of sulfone groups is 1. The first-order chi connectivity index (χ1) is 12.9. The number of hydrogen-bond donors (Lipinski definition) is 0. The van der Waals surface area contributed by atoms with Gasteiger partial charge in [-0.2, -0.15) is 4.31 Å². The Morgan fingerprint density at radius 2 is 1.70 bits per heavy atom. The molecule has 1 aliphatic rings. The molecule has 1 unspecified atom stereocenters. The van der Waals surface area contributed by atoms with Gasteiger partial charge in [-0.05, 0) is 31.0 Å². The Morgan fingerprint density at radius 3 is 2.41 bits per heavy atom. The second-order valence-corrected chi connectivity index (χ2v) is 10.5. The largest absolute Gasteiger partial charge is 0.492 e. The second kappa shape index (κ2) is 8.00. The van der Waals surface area contributed by atoms with Crippen LogP contribution in [-0.4, -0.2) is 46.6 Å². The van der Waals surface area contributed by atoms with Crippen LogP contribution in [0.3, 0.4) is 0 Å². The first-order valence-corrected chi connectivity index (χ1v) is 12.0. The van der Waals surface area contributed by atoms with Crippen molar-refractivity contribution in [2.75, 3.05) is 25.4 Å². The molecule has 0 aliphatic carbocycles. The van der Waals surface area contributed by atoms with Crippen LogP contribution in [0.5, 0.6) is 5.75 Å². The first-order valence-electron chi connectivity index (χ1n) is 8.85. The van der Waals surface area contributed by atoms with Crippen LogP contribution in [0, 0.1) is 0 Å². The summed E-state index contributed by atoms with van der Waals surface area (Å²) in [6.07, 6.45) is 0.225. The normalized spacial score (nSPS) is 20.7. The summed E-state index contributed by atoms with van der Waals surface area (Å²) in [6, 6.07) is 15.4. The molecular weight excluding hydrogens is 386 g/mol. The molecule has 2 aromatic rings. The lowest BCUT2D eigenvalue weighted by molar-refractivity contribution is 0.329. The standard InChI is InChI=1S/C19H23NO5S2/c1-2-25-17-10-6-7-11-19(17)27(23,24)20-13-12-18(26(21,22)15-14-20)16-8-4-3-5-9-16/h3-11,18H,2,12-15H2,1H3. The number of sulfonamides is 1. The Kier molecular flexibility index (Phi) is 5.88. The molecule has 3 rings (SSSR count). The maximum absolute atomic E-state index is 13.1. The molecule has 1 fully saturated rings. The van der Waals surface area contributed by atoms with Crippen LogP contribution in [0.25, 0.3) is 0 Å². The van der Waals surface area contributed by atoms with E-state index in [1.54, 1.807) is 49.4 Å². The molecule has 1 atom stereocenters. The van der Waals surface area contributed by atoms with Gasteiger partial charge in [-0.25, -0.2) is 16.8 Å². The molecule has 0 radical (unpaired) electrons. The van der Waals surface area contributed by atoms with Gasteiger partial charge >= 0.3 is 0 Å². The quantitative estimate of drug-likeness (QED) is 0.758. The summed E-state index contributed by atoms with van der Waals surface area (Å²) < 4.78 is 58.5. The van der Waals surface area contributed by atoms with Crippen molar-refractivity contribution in [3.63, 3.8) is 0 Å². The van der Waals surface area contributed by atoms with E-state index in [1.807, 2.05) is 6.07 Å². The third-order valence-electron chi connectivity index (χ3n) is 4.64. The Labute approximate surface area is 160 Å². The SMILES string of the molecule is CCOc1ccccc1S(=O)(=O)N1CCC(c2ccccc2)S(=O)(=O)CC1. The topological polar surface area (TPSA) is 80.8 Å². The van der Waals surface area contributed by atoms with Crippen LogP contribution < -0.4 is 4.74 Å². The van der Waals surface area contributed by atoms with E-state index in [9.17, 15) is 16.8 Å². The average molecular weight is 410 g/mol. The first kappa shape index (κ1) is 19.9. The van der Waals surface area contributed by atoms with Gasteiger partial charge in [0.25, 0.3) is 0 Å². The maximum atomic E-state index is 13.1. The number of ether oxygens (including phenoxy) is 1. The molecule has 6 nitrogen and oxygen atoms in total. The van der Waals surface area contributed by atoms with Crippen molar-refractivity contribution in [1.82, 2.24) is 4.31 Å². The summed E-state index contributed by atoms with van der Waals surface area (Å²) in [6.45, 7) is 2.21. The highest BCUT2D eigenvalue weighted by atomic mass is 32.2. The molecule has 0 N–H and O–H groups in total. The molecule has 1 aliphatic heterocycles. The molecule has 0 saturated carbocycles. The fraction of sp³-hybridized carbons (Fsp3) is 0.368. The Morgan fingerprint density at radius 1 is 1.04 bits per heavy atom. The Balaban J connectivity index is 1.91. The van der Waals surface area contributed by atoms with Crippen molar-refractivity contribution in [2.24, 2.45) is 0 Å². The van der Waals surface area contributed by atoms with Gasteiger partial charge in [0.2, 0.25) is 10.0 Å². The number of benzene rings is 2. The molecule has 8 heteroatoms. The highest BCUT2D eigenvalue weighted by Crippen LogP contribution is 2.33. The van der Waals surface area contributed by atoms with E-state index in [4.69, 9.17) is 4.74 Å². The van der Waals surface area contributed by atoms with Crippen molar-refractivity contribution in [2.45, 2.75) is 23.5 Å². The smallest absolute Gasteiger partial charge is 0.246 e. The van der Waals surface area contributed by atoms with Crippen molar-refractivity contribution in [3.05, 3.63) is 60.2 Å². The molecule has 146 valence electrons. The second-order valence-electron chi connectivity index (χ2n) is 6.34. The van der Waals surface area contributed by atoms with Gasteiger partial charge in [0.1, 0.15) is 10.6 Å². The van der Waals surface area contributed by atoms with Crippen LogP contribution in [0.1, 0.15) is 24.2 Å². The summed E-state index contributed by atoms with van der Waals surface area (Å²) in [7, 11) is -7.30. The van der Waals surface area contributed by atoms with E-state index in [0.717, 1.165) is 0 Å². The van der Waals surface area contributed by atoms with Crippen molar-refractivity contribution in [3.8, 4) is 5.75 Å². The number of nitrogens with zero attached hydrogens (tertiary/aromatic N) is 1. The van der Waals surface area contributed by atoms with Gasteiger partial charge in [0.15, 0.2) is 9.84 Å². The minimum absolute atomic E-state index is 0.0611. The zero-order valence-corrected chi connectivity index (χ0v) is 16.7. The fourth-order valence-corrected chi connectivity index (χ4v) is 6.78. The minimum Gasteiger partial charge on any atom is -0.492 e. The molecule has 2 aromatic carbocycles. The van der Waals surface area contributed by atoms with E-state index < -0.39 is 25.1 Å². The molecule has 0 bridgehead atoms. The van der Waals surface area contributed by atoms with Gasteiger partial charge in [-0.3, -0.25) is 0 Å². The van der Waals surface area contributed by atoms with Gasteiger partial charge in [0, 0.05) is 13.1 Å². The summed E-state index contributed by atoms with van der Waals surface area (Å²) in [5.74, 6) is 0.0782. The van der Waals surface area contributed by atoms with Gasteiger partial charge in [-0.15, -0.1) is 0 Å². The van der Waals surface area contributed by atoms with Crippen LogP contribution in [0.2, 0.25) is 0 Å². The predicted molar refractivity (Wildman–Crippen MR) is 104 cm³/mol. The van der Waals surface area contributed by atoms with Crippen molar-refractivity contribution in [1.29, 1.82) is 0 Å². The molecule has 1 saturated heterocycles. The number of para-hydroxylation sites is 1. The Bertz CT molecular complexity index is 988. The average Bonchev–Trinajstić information content (AvgIpc) is 2.81. The molecule has 1 heterocycles. The molecule has 0 aromatic heterocycles. The zero-order chi connectivity index (χ0) is 19.5. The van der Waals surface area contributed by atoms with E-state index in [2.05, 4.69) is 0 Å². The summed E-state index contributed by atoms with van der Waals surface area (Å²) in [5, 5.41) is -0.693. The van der Waals surface area contributed by atoms with E-state index >= 15 is 0 Å². The molecule has 27 heavy (non-hydrogen) atoms. The van der Waals surface area contributed by atoms with Gasteiger partial charge in [0.05, 0.1) is 17.6 Å². The minimum atomic E-state index is -3.85. The molecule has 0 spiro atoms. The summed E-state index contributed by atoms with van der Waals surface area (Å²) >= 11 is 0. The number of hydrogen-bond acceptors (Lipinski definition) is 5. The summed E-state index contributed by atoms with van der Waals surface area (Å²) in [5.41, 5.74) is 0.700. The Hall–Kier alpha value is -1.90.